The van der Waals surface area contributed by atoms with Crippen LogP contribution in [0.25, 0.3) is 11.3 Å². The number of ether oxygens (including phenoxy) is 1. The first-order valence-electron chi connectivity index (χ1n) is 12.1. The molecule has 0 spiro atoms. The zero-order valence-corrected chi connectivity index (χ0v) is 19.9. The summed E-state index contributed by atoms with van der Waals surface area (Å²) >= 11 is 0. The van der Waals surface area contributed by atoms with E-state index in [9.17, 15) is 9.59 Å². The van der Waals surface area contributed by atoms with Gasteiger partial charge in [0, 0.05) is 17.7 Å². The van der Waals surface area contributed by atoms with Crippen LogP contribution in [0, 0.1) is 5.92 Å². The zero-order chi connectivity index (χ0) is 24.3. The lowest BCUT2D eigenvalue weighted by Gasteiger charge is -2.40. The minimum absolute atomic E-state index is 0.0966. The van der Waals surface area contributed by atoms with E-state index in [1.54, 1.807) is 7.11 Å². The van der Waals surface area contributed by atoms with Crippen molar-refractivity contribution in [3.8, 4) is 17.0 Å². The fourth-order valence-electron chi connectivity index (χ4n) is 5.42. The van der Waals surface area contributed by atoms with E-state index in [1.807, 2.05) is 48.7 Å². The van der Waals surface area contributed by atoms with Gasteiger partial charge in [-0.1, -0.05) is 30.3 Å². The molecule has 0 saturated carbocycles. The number of imide groups is 1. The molecule has 5 rings (SSSR count). The number of carbonyl (C=O) groups excluding carboxylic acids is 2. The van der Waals surface area contributed by atoms with Crippen molar-refractivity contribution in [2.45, 2.75) is 37.8 Å². The minimum atomic E-state index is -0.844. The molecule has 1 atom stereocenters. The molecule has 0 bridgehead atoms. The van der Waals surface area contributed by atoms with Crippen LogP contribution in [0.5, 0.6) is 5.75 Å². The van der Waals surface area contributed by atoms with Crippen LogP contribution < -0.4 is 15.4 Å². The van der Waals surface area contributed by atoms with Crippen LogP contribution in [0.4, 0.5) is 4.79 Å². The Balaban J connectivity index is 1.25. The number of nitrogens with one attached hydrogen (secondary N) is 3. The molecule has 0 aliphatic carbocycles. The number of likely N-dealkylation sites (tertiary alicyclic amines) is 1. The molecular weight excluding hydrogens is 442 g/mol. The zero-order valence-electron chi connectivity index (χ0n) is 19.9. The number of methoxy groups -OCH3 is 1. The Morgan fingerprint density at radius 2 is 1.80 bits per heavy atom. The maximum atomic E-state index is 13.0. The molecule has 3 heterocycles. The number of amides is 3. The molecule has 182 valence electrons. The van der Waals surface area contributed by atoms with Crippen molar-refractivity contribution in [2.75, 3.05) is 20.2 Å². The predicted octanol–water partition coefficient (Wildman–Crippen LogP) is 3.51. The lowest BCUT2D eigenvalue weighted by molar-refractivity contribution is -0.127. The highest BCUT2D eigenvalue weighted by molar-refractivity contribution is 6.07. The van der Waals surface area contributed by atoms with Gasteiger partial charge >= 0.3 is 6.03 Å². The second-order valence-electron chi connectivity index (χ2n) is 9.41. The number of nitrogens with zero attached hydrogens (tertiary/aromatic N) is 2. The number of hydrogen-bond donors (Lipinski definition) is 3. The van der Waals surface area contributed by atoms with Gasteiger partial charge in [-0.25, -0.2) is 4.79 Å². The number of benzene rings is 2. The molecule has 3 amide bonds. The maximum Gasteiger partial charge on any atom is 0.322 e. The monoisotopic (exact) mass is 473 g/mol. The molecule has 2 aromatic carbocycles. The van der Waals surface area contributed by atoms with Crippen LogP contribution >= 0.6 is 0 Å². The van der Waals surface area contributed by atoms with Crippen LogP contribution in [0.3, 0.4) is 0 Å². The smallest absolute Gasteiger partial charge is 0.322 e. The molecule has 8 nitrogen and oxygen atoms in total. The summed E-state index contributed by atoms with van der Waals surface area (Å²) in [7, 11) is 1.66. The molecular formula is C27H31N5O3. The normalized spacial score (nSPS) is 21.1. The van der Waals surface area contributed by atoms with Crippen LogP contribution in [0.1, 0.15) is 30.4 Å². The Morgan fingerprint density at radius 1 is 1.06 bits per heavy atom. The topological polar surface area (TPSA) is 99.3 Å². The third kappa shape index (κ3) is 4.79. The molecule has 35 heavy (non-hydrogen) atoms. The highest BCUT2D eigenvalue weighted by Gasteiger charge is 2.51. The van der Waals surface area contributed by atoms with Crippen molar-refractivity contribution in [3.63, 3.8) is 0 Å². The first-order valence-corrected chi connectivity index (χ1v) is 12.1. The molecule has 8 heteroatoms. The lowest BCUT2D eigenvalue weighted by atomic mass is 9.74. The fourth-order valence-corrected chi connectivity index (χ4v) is 5.42. The Morgan fingerprint density at radius 3 is 2.46 bits per heavy atom. The standard InChI is InChI=1S/C27H31N5O3/c1-35-23-9-7-20(8-10-23)24-21(17-28-31-24)18-32-15-12-22(13-16-32)27(25(33)29-26(34)30-27)14-11-19-5-3-2-4-6-19/h2-10,17,22H,11-16,18H2,1H3,(H,28,31)(H2,29,30,33,34)/t27-/m1/s1. The molecule has 0 radical (unpaired) electrons. The number of piperidine rings is 1. The first kappa shape index (κ1) is 23.1. The lowest BCUT2D eigenvalue weighted by Crippen LogP contribution is -2.56. The second kappa shape index (κ2) is 9.92. The van der Waals surface area contributed by atoms with Crippen molar-refractivity contribution < 1.29 is 14.3 Å². The van der Waals surface area contributed by atoms with E-state index in [2.05, 4.69) is 37.9 Å². The van der Waals surface area contributed by atoms with E-state index in [1.165, 1.54) is 5.56 Å². The van der Waals surface area contributed by atoms with Gasteiger partial charge in [-0.3, -0.25) is 20.1 Å². The Labute approximate surface area is 205 Å². The maximum absolute atomic E-state index is 13.0. The van der Waals surface area contributed by atoms with E-state index in [0.29, 0.717) is 6.42 Å². The summed E-state index contributed by atoms with van der Waals surface area (Å²) in [6.45, 7) is 2.49. The van der Waals surface area contributed by atoms with E-state index in [0.717, 1.165) is 61.5 Å². The highest BCUT2D eigenvalue weighted by Crippen LogP contribution is 2.35. The summed E-state index contributed by atoms with van der Waals surface area (Å²) in [6, 6.07) is 17.7. The molecule has 2 aliphatic heterocycles. The number of aryl methyl sites for hydroxylation is 1. The molecule has 2 aliphatic rings. The van der Waals surface area contributed by atoms with Crippen molar-refractivity contribution in [3.05, 3.63) is 71.9 Å². The number of aromatic nitrogens is 2. The van der Waals surface area contributed by atoms with Gasteiger partial charge in [-0.15, -0.1) is 0 Å². The highest BCUT2D eigenvalue weighted by atomic mass is 16.5. The van der Waals surface area contributed by atoms with Crippen molar-refractivity contribution >= 4 is 11.9 Å². The average molecular weight is 474 g/mol. The molecule has 2 fully saturated rings. The first-order chi connectivity index (χ1) is 17.1. The van der Waals surface area contributed by atoms with Crippen LogP contribution in [0.2, 0.25) is 0 Å². The van der Waals surface area contributed by atoms with Crippen molar-refractivity contribution in [2.24, 2.45) is 5.92 Å². The Kier molecular flexibility index (Phi) is 6.55. The van der Waals surface area contributed by atoms with Gasteiger partial charge in [0.1, 0.15) is 11.3 Å². The fraction of sp³-hybridized carbons (Fsp3) is 0.370. The van der Waals surface area contributed by atoms with Crippen molar-refractivity contribution in [1.82, 2.24) is 25.7 Å². The third-order valence-corrected chi connectivity index (χ3v) is 7.39. The largest absolute Gasteiger partial charge is 0.497 e. The number of hydrogen-bond acceptors (Lipinski definition) is 5. The van der Waals surface area contributed by atoms with Crippen molar-refractivity contribution in [1.29, 1.82) is 0 Å². The average Bonchev–Trinajstić information content (AvgIpc) is 3.47. The van der Waals surface area contributed by atoms with E-state index in [4.69, 9.17) is 4.74 Å². The van der Waals surface area contributed by atoms with Crippen LogP contribution in [-0.2, 0) is 17.8 Å². The summed E-state index contributed by atoms with van der Waals surface area (Å²) in [6.07, 6.45) is 4.92. The summed E-state index contributed by atoms with van der Waals surface area (Å²) in [5, 5.41) is 12.9. The van der Waals surface area contributed by atoms with Gasteiger partial charge in [0.15, 0.2) is 0 Å². The van der Waals surface area contributed by atoms with Gasteiger partial charge in [0.05, 0.1) is 19.0 Å². The van der Waals surface area contributed by atoms with Gasteiger partial charge in [0.25, 0.3) is 5.91 Å². The van der Waals surface area contributed by atoms with Gasteiger partial charge in [-0.05, 0) is 74.5 Å². The van der Waals surface area contributed by atoms with E-state index >= 15 is 0 Å². The molecule has 1 aromatic heterocycles. The van der Waals surface area contributed by atoms with E-state index in [-0.39, 0.29) is 17.9 Å². The third-order valence-electron chi connectivity index (χ3n) is 7.39. The number of rotatable bonds is 8. The van der Waals surface area contributed by atoms with Gasteiger partial charge < -0.3 is 10.1 Å². The number of carbonyl (C=O) groups is 2. The molecule has 3 aromatic rings. The van der Waals surface area contributed by atoms with Gasteiger partial charge in [0.2, 0.25) is 0 Å². The van der Waals surface area contributed by atoms with Crippen LogP contribution in [-0.4, -0.2) is 52.8 Å². The number of urea groups is 1. The SMILES string of the molecule is COc1ccc(-c2[nH]ncc2CN2CCC([C@@]3(CCc4ccccc4)NC(=O)NC3=O)CC2)cc1. The number of aromatic amines is 1. The van der Waals surface area contributed by atoms with Crippen LogP contribution in [0.15, 0.2) is 60.8 Å². The molecule has 3 N–H and O–H groups in total. The quantitative estimate of drug-likeness (QED) is 0.435. The summed E-state index contributed by atoms with van der Waals surface area (Å²) in [5.41, 5.74) is 3.54. The predicted molar refractivity (Wildman–Crippen MR) is 133 cm³/mol. The summed E-state index contributed by atoms with van der Waals surface area (Å²) < 4.78 is 5.27. The minimum Gasteiger partial charge on any atom is -0.497 e. The summed E-state index contributed by atoms with van der Waals surface area (Å²) in [4.78, 5) is 27.5. The second-order valence-corrected chi connectivity index (χ2v) is 9.41. The van der Waals surface area contributed by atoms with E-state index < -0.39 is 5.54 Å². The Bertz CT molecular complexity index is 1170. The Hall–Kier alpha value is -3.65. The van der Waals surface area contributed by atoms with Gasteiger partial charge in [-0.2, -0.15) is 5.10 Å². The molecule has 2 saturated heterocycles. The number of H-pyrrole nitrogens is 1. The summed E-state index contributed by atoms with van der Waals surface area (Å²) in [5.74, 6) is 0.731. The molecule has 0 unspecified atom stereocenters.